The highest BCUT2D eigenvalue weighted by Gasteiger charge is 2.18. The summed E-state index contributed by atoms with van der Waals surface area (Å²) in [4.78, 5) is 12.5. The van der Waals surface area contributed by atoms with Crippen molar-refractivity contribution in [1.29, 1.82) is 0 Å². The number of nitrogens with one attached hydrogen (secondary N) is 1. The fraction of sp³-hybridized carbons (Fsp3) is 0.797. The Hall–Kier alpha value is -2.43. The van der Waals surface area contributed by atoms with E-state index in [2.05, 4.69) is 92.1 Å². The normalized spacial score (nSPS) is 13.2. The summed E-state index contributed by atoms with van der Waals surface area (Å²) < 4.78 is 0. The second kappa shape index (κ2) is 68.8. The summed E-state index contributed by atoms with van der Waals surface area (Å²) in [5, 5.41) is 23.3. The molecule has 454 valence electrons. The Labute approximate surface area is 488 Å². The van der Waals surface area contributed by atoms with Crippen molar-refractivity contribution in [2.75, 3.05) is 6.61 Å². The van der Waals surface area contributed by atoms with Crippen LogP contribution in [0, 0.1) is 0 Å². The summed E-state index contributed by atoms with van der Waals surface area (Å²) in [5.41, 5.74) is 0. The largest absolute Gasteiger partial charge is 0.394 e. The third-order valence-electron chi connectivity index (χ3n) is 15.8. The smallest absolute Gasteiger partial charge is 0.220 e. The number of amides is 1. The molecule has 4 nitrogen and oxygen atoms in total. The lowest BCUT2D eigenvalue weighted by Crippen LogP contribution is -2.45. The Morgan fingerprint density at radius 1 is 0.321 bits per heavy atom. The van der Waals surface area contributed by atoms with Crippen molar-refractivity contribution in [3.8, 4) is 0 Å². The van der Waals surface area contributed by atoms with Crippen molar-refractivity contribution in [2.45, 2.75) is 373 Å². The van der Waals surface area contributed by atoms with E-state index in [1.54, 1.807) is 6.08 Å². The maximum absolute atomic E-state index is 12.5. The second-order valence-corrected chi connectivity index (χ2v) is 23.6. The molecule has 1 amide bonds. The van der Waals surface area contributed by atoms with E-state index in [4.69, 9.17) is 0 Å². The molecule has 0 aliphatic heterocycles. The molecule has 2 unspecified atom stereocenters. The topological polar surface area (TPSA) is 69.6 Å². The van der Waals surface area contributed by atoms with Gasteiger partial charge in [0.1, 0.15) is 0 Å². The molecular weight excluding hydrogens is 951 g/mol. The van der Waals surface area contributed by atoms with E-state index >= 15 is 0 Å². The molecule has 0 saturated carbocycles. The Balaban J connectivity index is 3.49. The zero-order chi connectivity index (χ0) is 56.2. The molecule has 0 saturated heterocycles. The minimum absolute atomic E-state index is 0.0740. The third-order valence-corrected chi connectivity index (χ3v) is 15.8. The Morgan fingerprint density at radius 3 is 0.897 bits per heavy atom. The molecule has 0 bridgehead atoms. The zero-order valence-corrected chi connectivity index (χ0v) is 52.4. The number of aliphatic hydroxyl groups is 2. The molecule has 0 radical (unpaired) electrons. The molecule has 0 aromatic rings. The molecule has 3 N–H and O–H groups in total. The van der Waals surface area contributed by atoms with Gasteiger partial charge in [-0.2, -0.15) is 0 Å². The van der Waals surface area contributed by atoms with E-state index in [0.717, 1.165) is 64.2 Å². The molecule has 0 aliphatic carbocycles. The minimum Gasteiger partial charge on any atom is -0.394 e. The van der Waals surface area contributed by atoms with Crippen molar-refractivity contribution < 1.29 is 15.0 Å². The second-order valence-electron chi connectivity index (χ2n) is 23.6. The number of allylic oxidation sites excluding steroid dienone is 13. The van der Waals surface area contributed by atoms with Gasteiger partial charge in [-0.15, -0.1) is 0 Å². The lowest BCUT2D eigenvalue weighted by molar-refractivity contribution is -0.123. The number of aliphatic hydroxyl groups excluding tert-OH is 2. The standard InChI is InChI=1S/C74H135NO3/c1-3-5-7-9-11-13-15-17-19-21-23-25-27-29-31-33-35-37-39-41-43-45-47-49-51-53-55-57-59-61-63-65-67-69-73(77)72(71-76)75-74(78)70-68-66-64-62-60-58-56-54-52-50-48-46-44-42-40-38-36-34-32-30-28-26-24-22-20-18-16-14-12-10-8-6-4-2/h6,8,12,14,18,20,24,26,51,53,59,61,67,69,72-73,76-77H,3-5,7,9-11,13,15-17,19,21-23,25,27-50,52,54-58,60,62-66,68,70-71H2,1-2H3,(H,75,78)/b8-6-,14-12-,20-18-,26-24-,53-51+,61-59+,69-67+. The lowest BCUT2D eigenvalue weighted by atomic mass is 10.0. The van der Waals surface area contributed by atoms with Crippen LogP contribution in [0.3, 0.4) is 0 Å². The van der Waals surface area contributed by atoms with E-state index in [0.29, 0.717) is 6.42 Å². The van der Waals surface area contributed by atoms with Crippen LogP contribution in [-0.4, -0.2) is 34.9 Å². The predicted molar refractivity (Wildman–Crippen MR) is 350 cm³/mol. The minimum atomic E-state index is -0.875. The average molecular weight is 1090 g/mol. The van der Waals surface area contributed by atoms with Crippen LogP contribution in [-0.2, 0) is 4.79 Å². The molecule has 0 fully saturated rings. The van der Waals surface area contributed by atoms with Gasteiger partial charge in [-0.25, -0.2) is 0 Å². The van der Waals surface area contributed by atoms with Crippen LogP contribution in [0.2, 0.25) is 0 Å². The number of rotatable bonds is 64. The molecule has 78 heavy (non-hydrogen) atoms. The number of carbonyl (C=O) groups excluding carboxylic acids is 1. The summed E-state index contributed by atoms with van der Waals surface area (Å²) in [6.45, 7) is 4.22. The molecule has 0 rings (SSSR count). The first-order chi connectivity index (χ1) is 38.7. The highest BCUT2D eigenvalue weighted by molar-refractivity contribution is 5.76. The van der Waals surface area contributed by atoms with E-state index in [1.807, 2.05) is 6.08 Å². The number of carbonyl (C=O) groups is 1. The van der Waals surface area contributed by atoms with E-state index in [1.165, 1.54) is 276 Å². The Morgan fingerprint density at radius 2 is 0.577 bits per heavy atom. The highest BCUT2D eigenvalue weighted by atomic mass is 16.3. The molecule has 0 aromatic carbocycles. The van der Waals surface area contributed by atoms with E-state index < -0.39 is 12.1 Å². The van der Waals surface area contributed by atoms with Gasteiger partial charge in [0.2, 0.25) is 5.91 Å². The molecule has 4 heteroatoms. The van der Waals surface area contributed by atoms with Gasteiger partial charge in [-0.1, -0.05) is 356 Å². The van der Waals surface area contributed by atoms with Crippen molar-refractivity contribution in [3.63, 3.8) is 0 Å². The number of hydrogen-bond acceptors (Lipinski definition) is 3. The first kappa shape index (κ1) is 75.6. The summed E-state index contributed by atoms with van der Waals surface area (Å²) >= 11 is 0. The summed E-state index contributed by atoms with van der Waals surface area (Å²) in [6.07, 6.45) is 101. The quantitative estimate of drug-likeness (QED) is 0.0420. The highest BCUT2D eigenvalue weighted by Crippen LogP contribution is 2.18. The van der Waals surface area contributed by atoms with Crippen LogP contribution >= 0.6 is 0 Å². The monoisotopic (exact) mass is 1090 g/mol. The molecule has 0 aromatic heterocycles. The average Bonchev–Trinajstić information content (AvgIpc) is 3.44. The maximum atomic E-state index is 12.5. The molecular formula is C74H135NO3. The van der Waals surface area contributed by atoms with Gasteiger partial charge in [-0.05, 0) is 83.5 Å². The van der Waals surface area contributed by atoms with Gasteiger partial charge >= 0.3 is 0 Å². The molecule has 0 aliphatic rings. The summed E-state index contributed by atoms with van der Waals surface area (Å²) in [7, 11) is 0. The summed E-state index contributed by atoms with van der Waals surface area (Å²) in [5.74, 6) is -0.0740. The molecule has 0 spiro atoms. The van der Waals surface area contributed by atoms with E-state index in [-0.39, 0.29) is 12.5 Å². The zero-order valence-electron chi connectivity index (χ0n) is 52.4. The van der Waals surface area contributed by atoms with Crippen LogP contribution in [0.5, 0.6) is 0 Å². The fourth-order valence-electron chi connectivity index (χ4n) is 10.6. The van der Waals surface area contributed by atoms with Crippen LogP contribution in [0.25, 0.3) is 0 Å². The fourth-order valence-corrected chi connectivity index (χ4v) is 10.6. The SMILES string of the molecule is CC/C=C\C/C=C\C/C=C\C/C=C\CCCCCCCCCCCCCCCCCCCCCCC(=O)NC(CO)C(O)/C=C/CC/C=C/CC/C=C/CCCCCCCCCCCCCCCCCCCCCCCCC. The number of hydrogen-bond donors (Lipinski definition) is 3. The van der Waals surface area contributed by atoms with Gasteiger partial charge in [0.05, 0.1) is 18.8 Å². The maximum Gasteiger partial charge on any atom is 0.220 e. The third kappa shape index (κ3) is 64.4. The Kier molecular flexibility index (Phi) is 66.7. The van der Waals surface area contributed by atoms with Gasteiger partial charge in [0, 0.05) is 6.42 Å². The summed E-state index contributed by atoms with van der Waals surface area (Å²) in [6, 6.07) is -0.650. The van der Waals surface area contributed by atoms with Crippen molar-refractivity contribution in [1.82, 2.24) is 5.32 Å². The van der Waals surface area contributed by atoms with Gasteiger partial charge in [0.25, 0.3) is 0 Å². The van der Waals surface area contributed by atoms with Crippen LogP contribution in [0.1, 0.15) is 361 Å². The predicted octanol–water partition coefficient (Wildman–Crippen LogP) is 23.8. The van der Waals surface area contributed by atoms with Gasteiger partial charge in [0.15, 0.2) is 0 Å². The molecule has 0 heterocycles. The van der Waals surface area contributed by atoms with Crippen molar-refractivity contribution in [2.24, 2.45) is 0 Å². The van der Waals surface area contributed by atoms with Gasteiger partial charge < -0.3 is 15.5 Å². The van der Waals surface area contributed by atoms with Crippen LogP contribution in [0.4, 0.5) is 0 Å². The van der Waals surface area contributed by atoms with Crippen LogP contribution in [0.15, 0.2) is 85.1 Å². The van der Waals surface area contributed by atoms with Gasteiger partial charge in [-0.3, -0.25) is 4.79 Å². The Bertz CT molecular complexity index is 1370. The first-order valence-electron chi connectivity index (χ1n) is 34.8. The number of unbranched alkanes of at least 4 members (excludes halogenated alkanes) is 45. The molecule has 2 atom stereocenters. The lowest BCUT2D eigenvalue weighted by Gasteiger charge is -2.19. The van der Waals surface area contributed by atoms with E-state index in [9.17, 15) is 15.0 Å². The van der Waals surface area contributed by atoms with Crippen LogP contribution < -0.4 is 5.32 Å². The van der Waals surface area contributed by atoms with Crippen molar-refractivity contribution in [3.05, 3.63) is 85.1 Å². The van der Waals surface area contributed by atoms with Crippen molar-refractivity contribution >= 4 is 5.91 Å². The first-order valence-corrected chi connectivity index (χ1v) is 34.8.